The number of rotatable bonds is 9. The van der Waals surface area contributed by atoms with Crippen LogP contribution in [0.5, 0.6) is 0 Å². The highest BCUT2D eigenvalue weighted by atomic mass is 19.1. The molecule has 1 aromatic rings. The van der Waals surface area contributed by atoms with E-state index in [1.807, 2.05) is 0 Å². The van der Waals surface area contributed by atoms with Gasteiger partial charge < -0.3 is 10.1 Å². The van der Waals surface area contributed by atoms with E-state index in [1.54, 1.807) is 13.2 Å². The van der Waals surface area contributed by atoms with Gasteiger partial charge in [-0.15, -0.1) is 0 Å². The molecule has 0 aromatic heterocycles. The maximum atomic E-state index is 13.3. The molecule has 0 unspecified atom stereocenters. The lowest BCUT2D eigenvalue weighted by molar-refractivity contribution is -0.387. The van der Waals surface area contributed by atoms with E-state index in [2.05, 4.69) is 5.32 Å². The maximum absolute atomic E-state index is 13.3. The highest BCUT2D eigenvalue weighted by molar-refractivity contribution is 5.34. The van der Waals surface area contributed by atoms with E-state index in [4.69, 9.17) is 4.74 Å². The van der Waals surface area contributed by atoms with E-state index in [-0.39, 0.29) is 0 Å². The van der Waals surface area contributed by atoms with E-state index < -0.39 is 16.4 Å². The summed E-state index contributed by atoms with van der Waals surface area (Å²) in [5.41, 5.74) is 0.225. The highest BCUT2D eigenvalue weighted by Crippen LogP contribution is 2.17. The third-order valence-corrected chi connectivity index (χ3v) is 2.74. The van der Waals surface area contributed by atoms with Crippen LogP contribution in [0.15, 0.2) is 18.2 Å². The predicted molar refractivity (Wildman–Crippen MR) is 70.5 cm³/mol. The minimum atomic E-state index is -0.788. The Hall–Kier alpha value is -1.53. The standard InChI is InChI=1S/C13H19FN2O3/c1-19-8-4-2-3-7-15-10-11-5-6-13(16(17)18)12(14)9-11/h5-6,9,15H,2-4,7-8,10H2,1H3. The number of nitro groups is 1. The molecule has 0 heterocycles. The zero-order chi connectivity index (χ0) is 14.1. The number of nitro benzene ring substituents is 1. The number of benzene rings is 1. The van der Waals surface area contributed by atoms with Gasteiger partial charge in [-0.2, -0.15) is 4.39 Å². The molecule has 1 rings (SSSR count). The Kier molecular flexibility index (Phi) is 6.99. The Morgan fingerprint density at radius 2 is 2.16 bits per heavy atom. The fraction of sp³-hybridized carbons (Fsp3) is 0.538. The van der Waals surface area contributed by atoms with Gasteiger partial charge in [0.25, 0.3) is 0 Å². The topological polar surface area (TPSA) is 64.4 Å². The molecule has 0 fully saturated rings. The largest absolute Gasteiger partial charge is 0.385 e. The Bertz CT molecular complexity index is 413. The second-order valence-electron chi connectivity index (χ2n) is 4.27. The van der Waals surface area contributed by atoms with E-state index in [9.17, 15) is 14.5 Å². The van der Waals surface area contributed by atoms with Crippen molar-refractivity contribution in [3.63, 3.8) is 0 Å². The molecule has 19 heavy (non-hydrogen) atoms. The normalized spacial score (nSPS) is 10.6. The molecule has 0 saturated carbocycles. The van der Waals surface area contributed by atoms with Gasteiger partial charge in [0.2, 0.25) is 5.82 Å². The summed E-state index contributed by atoms with van der Waals surface area (Å²) in [5, 5.41) is 13.6. The van der Waals surface area contributed by atoms with Crippen LogP contribution in [-0.4, -0.2) is 25.2 Å². The SMILES string of the molecule is COCCCCCNCc1ccc([N+](=O)[O-])c(F)c1. The molecule has 5 nitrogen and oxygen atoms in total. The van der Waals surface area contributed by atoms with Crippen molar-refractivity contribution < 1.29 is 14.1 Å². The van der Waals surface area contributed by atoms with Gasteiger partial charge in [-0.25, -0.2) is 0 Å². The number of hydrogen-bond acceptors (Lipinski definition) is 4. The van der Waals surface area contributed by atoms with Crippen LogP contribution in [0.2, 0.25) is 0 Å². The van der Waals surface area contributed by atoms with Crippen molar-refractivity contribution in [3.05, 3.63) is 39.7 Å². The molecule has 0 atom stereocenters. The molecule has 0 radical (unpaired) electrons. The van der Waals surface area contributed by atoms with Crippen molar-refractivity contribution in [1.29, 1.82) is 0 Å². The van der Waals surface area contributed by atoms with Gasteiger partial charge >= 0.3 is 5.69 Å². The first-order valence-electron chi connectivity index (χ1n) is 6.27. The minimum Gasteiger partial charge on any atom is -0.385 e. The second-order valence-corrected chi connectivity index (χ2v) is 4.27. The number of hydrogen-bond donors (Lipinski definition) is 1. The number of halogens is 1. The van der Waals surface area contributed by atoms with E-state index in [0.717, 1.165) is 32.4 Å². The van der Waals surface area contributed by atoms with Crippen molar-refractivity contribution in [1.82, 2.24) is 5.32 Å². The smallest absolute Gasteiger partial charge is 0.304 e. The molecule has 0 amide bonds. The van der Waals surface area contributed by atoms with Crippen molar-refractivity contribution in [2.45, 2.75) is 25.8 Å². The van der Waals surface area contributed by atoms with Crippen LogP contribution in [0.3, 0.4) is 0 Å². The lowest BCUT2D eigenvalue weighted by Gasteiger charge is -2.05. The lowest BCUT2D eigenvalue weighted by Crippen LogP contribution is -2.15. The summed E-state index contributed by atoms with van der Waals surface area (Å²) in [6.45, 7) is 2.12. The zero-order valence-electron chi connectivity index (χ0n) is 11.0. The number of methoxy groups -OCH3 is 1. The molecular weight excluding hydrogens is 251 g/mol. The third-order valence-electron chi connectivity index (χ3n) is 2.74. The molecule has 0 spiro atoms. The van der Waals surface area contributed by atoms with Gasteiger partial charge in [0.05, 0.1) is 4.92 Å². The van der Waals surface area contributed by atoms with Gasteiger partial charge in [0, 0.05) is 26.3 Å². The van der Waals surface area contributed by atoms with Crippen molar-refractivity contribution in [2.24, 2.45) is 0 Å². The van der Waals surface area contributed by atoms with Crippen LogP contribution in [-0.2, 0) is 11.3 Å². The van der Waals surface area contributed by atoms with Gasteiger partial charge in [-0.1, -0.05) is 6.07 Å². The zero-order valence-corrected chi connectivity index (χ0v) is 11.0. The number of nitrogens with zero attached hydrogens (tertiary/aromatic N) is 1. The van der Waals surface area contributed by atoms with E-state index in [1.165, 1.54) is 12.1 Å². The first-order valence-corrected chi connectivity index (χ1v) is 6.27. The summed E-state index contributed by atoms with van der Waals surface area (Å²) >= 11 is 0. The summed E-state index contributed by atoms with van der Waals surface area (Å²) in [4.78, 5) is 9.74. The molecule has 1 aromatic carbocycles. The Morgan fingerprint density at radius 3 is 2.79 bits per heavy atom. The summed E-state index contributed by atoms with van der Waals surface area (Å²) < 4.78 is 18.3. The van der Waals surface area contributed by atoms with Gasteiger partial charge in [-0.05, 0) is 37.4 Å². The molecule has 0 saturated heterocycles. The van der Waals surface area contributed by atoms with Gasteiger partial charge in [0.15, 0.2) is 0 Å². The molecule has 0 bridgehead atoms. The fourth-order valence-electron chi connectivity index (χ4n) is 1.71. The van der Waals surface area contributed by atoms with Crippen LogP contribution in [0.1, 0.15) is 24.8 Å². The molecule has 1 N–H and O–H groups in total. The summed E-state index contributed by atoms with van der Waals surface area (Å²) in [6, 6.07) is 3.97. The molecular formula is C13H19FN2O3. The Labute approximate surface area is 111 Å². The van der Waals surface area contributed by atoms with Crippen molar-refractivity contribution in [3.8, 4) is 0 Å². The Balaban J connectivity index is 2.26. The molecule has 0 aliphatic rings. The average molecular weight is 270 g/mol. The number of unbranched alkanes of at least 4 members (excludes halogenated alkanes) is 2. The highest BCUT2D eigenvalue weighted by Gasteiger charge is 2.13. The molecule has 0 aliphatic heterocycles. The Morgan fingerprint density at radius 1 is 1.37 bits per heavy atom. The van der Waals surface area contributed by atoms with Crippen LogP contribution >= 0.6 is 0 Å². The second kappa shape index (κ2) is 8.55. The summed E-state index contributed by atoms with van der Waals surface area (Å²) in [6.07, 6.45) is 3.14. The monoisotopic (exact) mass is 270 g/mol. The lowest BCUT2D eigenvalue weighted by atomic mass is 10.2. The first kappa shape index (κ1) is 15.5. The van der Waals surface area contributed by atoms with Gasteiger partial charge in [0.1, 0.15) is 0 Å². The number of ether oxygens (including phenoxy) is 1. The van der Waals surface area contributed by atoms with Crippen LogP contribution in [0, 0.1) is 15.9 Å². The van der Waals surface area contributed by atoms with Crippen LogP contribution < -0.4 is 5.32 Å². The third kappa shape index (κ3) is 5.76. The van der Waals surface area contributed by atoms with Gasteiger partial charge in [-0.3, -0.25) is 10.1 Å². The quantitative estimate of drug-likeness (QED) is 0.425. The van der Waals surface area contributed by atoms with Crippen molar-refractivity contribution >= 4 is 5.69 Å². The maximum Gasteiger partial charge on any atom is 0.304 e. The van der Waals surface area contributed by atoms with Crippen LogP contribution in [0.25, 0.3) is 0 Å². The predicted octanol–water partition coefficient (Wildman–Crippen LogP) is 2.64. The molecule has 0 aliphatic carbocycles. The molecule has 6 heteroatoms. The van der Waals surface area contributed by atoms with E-state index in [0.29, 0.717) is 12.1 Å². The first-order chi connectivity index (χ1) is 9.15. The molecule has 106 valence electrons. The van der Waals surface area contributed by atoms with Crippen molar-refractivity contribution in [2.75, 3.05) is 20.3 Å². The number of nitrogens with one attached hydrogen (secondary N) is 1. The fourth-order valence-corrected chi connectivity index (χ4v) is 1.71. The van der Waals surface area contributed by atoms with Crippen LogP contribution in [0.4, 0.5) is 10.1 Å². The minimum absolute atomic E-state index is 0.483. The van der Waals surface area contributed by atoms with E-state index >= 15 is 0 Å². The summed E-state index contributed by atoms with van der Waals surface area (Å²) in [5.74, 6) is -0.788. The average Bonchev–Trinajstić information content (AvgIpc) is 2.37. The summed E-state index contributed by atoms with van der Waals surface area (Å²) in [7, 11) is 1.68.